The summed E-state index contributed by atoms with van der Waals surface area (Å²) in [6, 6.07) is 74.5. The molecule has 0 radical (unpaired) electrons. The summed E-state index contributed by atoms with van der Waals surface area (Å²) in [6.45, 7) is 0. The quantitative estimate of drug-likeness (QED) is 0.147. The normalized spacial score (nSPS) is 11.4. The third kappa shape index (κ3) is 8.40. The molecule has 0 spiro atoms. The van der Waals surface area contributed by atoms with Gasteiger partial charge in [0.2, 0.25) is 0 Å². The molecular weight excluding hydrogens is 1000 g/mol. The number of para-hydroxylation sites is 2. The molecule has 374 valence electrons. The lowest BCUT2D eigenvalue weighted by Gasteiger charge is -2.21. The molecule has 0 atom stereocenters. The molecule has 80 heavy (non-hydrogen) atoms. The van der Waals surface area contributed by atoms with E-state index in [-0.39, 0.29) is 5.56 Å². The van der Waals surface area contributed by atoms with Crippen LogP contribution < -0.4 is 0 Å². The van der Waals surface area contributed by atoms with Gasteiger partial charge in [-0.15, -0.1) is 0 Å². The Labute approximate surface area is 455 Å². The Morgan fingerprint density at radius 1 is 0.312 bits per heavy atom. The van der Waals surface area contributed by atoms with Crippen LogP contribution in [0.25, 0.3) is 123 Å². The molecule has 10 aromatic carbocycles. The summed E-state index contributed by atoms with van der Waals surface area (Å²) in [5.74, 6) is 1.12. The Bertz CT molecular complexity index is 4750. The molecule has 0 aliphatic carbocycles. The van der Waals surface area contributed by atoms with Crippen molar-refractivity contribution in [1.82, 2.24) is 24.1 Å². The highest BCUT2D eigenvalue weighted by molar-refractivity contribution is 6.13. The van der Waals surface area contributed by atoms with E-state index in [1.807, 2.05) is 168 Å². The number of rotatable bonds is 8. The van der Waals surface area contributed by atoms with Gasteiger partial charge in [-0.1, -0.05) is 109 Å². The van der Waals surface area contributed by atoms with E-state index in [2.05, 4.69) is 28.8 Å². The maximum Gasteiger partial charge on any atom is 0.416 e. The molecule has 0 saturated heterocycles. The fourth-order valence-electron chi connectivity index (χ4n) is 10.8. The summed E-state index contributed by atoms with van der Waals surface area (Å²) in [6.07, 6.45) is -4.75. The number of nitriles is 4. The van der Waals surface area contributed by atoms with Crippen molar-refractivity contribution in [1.29, 1.82) is 21.0 Å². The summed E-state index contributed by atoms with van der Waals surface area (Å²) in [5, 5.41) is 42.8. The zero-order chi connectivity index (χ0) is 54.6. The third-order valence-electron chi connectivity index (χ3n) is 14.4. The van der Waals surface area contributed by atoms with Crippen molar-refractivity contribution < 1.29 is 13.2 Å². The fourth-order valence-corrected chi connectivity index (χ4v) is 10.8. The van der Waals surface area contributed by atoms with Crippen molar-refractivity contribution in [3.63, 3.8) is 0 Å². The van der Waals surface area contributed by atoms with E-state index in [9.17, 15) is 21.0 Å². The number of hydrogen-bond acceptors (Lipinski definition) is 7. The Morgan fingerprint density at radius 2 is 0.688 bits per heavy atom. The van der Waals surface area contributed by atoms with E-state index in [0.717, 1.165) is 66.4 Å². The summed E-state index contributed by atoms with van der Waals surface area (Å²) >= 11 is 0. The van der Waals surface area contributed by atoms with Crippen LogP contribution >= 0.6 is 0 Å². The van der Waals surface area contributed by atoms with E-state index in [1.54, 1.807) is 30.3 Å². The van der Waals surface area contributed by atoms with Crippen molar-refractivity contribution in [2.75, 3.05) is 0 Å². The maximum atomic E-state index is 15.5. The van der Waals surface area contributed by atoms with Gasteiger partial charge in [-0.3, -0.25) is 0 Å². The van der Waals surface area contributed by atoms with Gasteiger partial charge in [0.25, 0.3) is 0 Å². The first kappa shape index (κ1) is 48.2. The standard InChI is InChI=1S/C68H36F3N9/c69-68(70,71)52-22-26-64(80-60-18-10-8-16-54(60)56-34-48(20-24-62(56)80)51-31-43(39-74)28-44(32-51)40-75)58(36-52)57-35-49(67-77-65(45-11-3-1-4-12-45)76-66(78-67)46-13-5-2-6-14-46)21-25-63(57)79-59-17-9-7-15-53(59)55-33-47(19-23-61(55)79)50-29-41(37-72)27-42(30-50)38-73/h1-36H. The first-order valence-electron chi connectivity index (χ1n) is 25.3. The van der Waals surface area contributed by atoms with Crippen molar-refractivity contribution >= 4 is 43.6 Å². The van der Waals surface area contributed by atoms with Crippen LogP contribution in [-0.2, 0) is 6.18 Å². The molecule has 0 aliphatic heterocycles. The van der Waals surface area contributed by atoms with Gasteiger partial charge in [-0.05, 0) is 131 Å². The number of alkyl halides is 3. The van der Waals surface area contributed by atoms with Crippen LogP contribution in [0.2, 0.25) is 0 Å². The van der Waals surface area contributed by atoms with Gasteiger partial charge in [0, 0.05) is 49.4 Å². The zero-order valence-electron chi connectivity index (χ0n) is 41.9. The Kier molecular flexibility index (Phi) is 11.6. The smallest absolute Gasteiger partial charge is 0.309 e. The topological polar surface area (TPSA) is 144 Å². The lowest BCUT2D eigenvalue weighted by Crippen LogP contribution is -2.08. The van der Waals surface area contributed by atoms with E-state index in [1.165, 1.54) is 18.2 Å². The van der Waals surface area contributed by atoms with Gasteiger partial charge in [-0.25, -0.2) is 15.0 Å². The molecule has 0 aliphatic rings. The van der Waals surface area contributed by atoms with Gasteiger partial charge in [0.1, 0.15) is 0 Å². The van der Waals surface area contributed by atoms with E-state index < -0.39 is 11.7 Å². The van der Waals surface area contributed by atoms with E-state index >= 15 is 13.2 Å². The SMILES string of the molecule is N#Cc1cc(C#N)cc(-c2ccc3c(c2)c2ccccc2n3-c2ccc(-c3nc(-c4ccccc4)nc(-c4ccccc4)n3)cc2-c2cc(C(F)(F)F)ccc2-n2c3ccccc3c3cc(-c4cc(C#N)cc(C#N)c4)ccc32)c1. The number of halogens is 3. The first-order chi connectivity index (χ1) is 39.1. The van der Waals surface area contributed by atoms with Gasteiger partial charge >= 0.3 is 6.18 Å². The van der Waals surface area contributed by atoms with Gasteiger partial charge in [0.15, 0.2) is 17.5 Å². The number of aromatic nitrogens is 5. The van der Waals surface area contributed by atoms with Gasteiger partial charge in [0.05, 0.1) is 85.5 Å². The average Bonchev–Trinajstić information content (AvgIpc) is 4.10. The van der Waals surface area contributed by atoms with Crippen molar-refractivity contribution in [2.24, 2.45) is 0 Å². The van der Waals surface area contributed by atoms with Crippen molar-refractivity contribution in [3.05, 3.63) is 246 Å². The molecule has 13 aromatic rings. The molecule has 3 heterocycles. The molecule has 0 unspecified atom stereocenters. The number of benzene rings is 10. The predicted molar refractivity (Wildman–Crippen MR) is 305 cm³/mol. The maximum absolute atomic E-state index is 15.5. The molecule has 13 rings (SSSR count). The average molecular weight is 1040 g/mol. The van der Waals surface area contributed by atoms with Crippen molar-refractivity contribution in [2.45, 2.75) is 6.18 Å². The van der Waals surface area contributed by atoms with E-state index in [0.29, 0.717) is 78.9 Å². The molecule has 0 N–H and O–H groups in total. The highest BCUT2D eigenvalue weighted by atomic mass is 19.4. The van der Waals surface area contributed by atoms with Gasteiger partial charge in [-0.2, -0.15) is 34.2 Å². The number of hydrogen-bond donors (Lipinski definition) is 0. The number of nitrogens with zero attached hydrogens (tertiary/aromatic N) is 9. The molecular formula is C68H36F3N9. The van der Waals surface area contributed by atoms with Crippen LogP contribution in [0.3, 0.4) is 0 Å². The van der Waals surface area contributed by atoms with E-state index in [4.69, 9.17) is 15.0 Å². The second-order valence-corrected chi connectivity index (χ2v) is 19.2. The highest BCUT2D eigenvalue weighted by Crippen LogP contribution is 2.45. The van der Waals surface area contributed by atoms with Crippen LogP contribution in [0, 0.1) is 45.3 Å². The second-order valence-electron chi connectivity index (χ2n) is 19.2. The predicted octanol–water partition coefficient (Wildman–Crippen LogP) is 16.6. The van der Waals surface area contributed by atoms with Crippen LogP contribution in [0.1, 0.15) is 27.8 Å². The van der Waals surface area contributed by atoms with Gasteiger partial charge < -0.3 is 9.13 Å². The minimum atomic E-state index is -4.75. The van der Waals surface area contributed by atoms with Crippen LogP contribution in [0.15, 0.2) is 218 Å². The molecule has 0 fully saturated rings. The molecule has 3 aromatic heterocycles. The molecule has 0 saturated carbocycles. The first-order valence-corrected chi connectivity index (χ1v) is 25.3. The minimum absolute atomic E-state index is 0.254. The lowest BCUT2D eigenvalue weighted by atomic mass is 9.95. The Morgan fingerprint density at radius 3 is 1.12 bits per heavy atom. The molecule has 0 amide bonds. The second kappa shape index (κ2) is 19.3. The summed E-state index contributed by atoms with van der Waals surface area (Å²) < 4.78 is 50.5. The summed E-state index contributed by atoms with van der Waals surface area (Å²) in [4.78, 5) is 15.1. The fraction of sp³-hybridized carbons (Fsp3) is 0.0147. The number of fused-ring (bicyclic) bond motifs is 6. The molecule has 0 bridgehead atoms. The largest absolute Gasteiger partial charge is 0.416 e. The minimum Gasteiger partial charge on any atom is -0.309 e. The van der Waals surface area contributed by atoms with Crippen molar-refractivity contribution in [3.8, 4) is 103 Å². The highest BCUT2D eigenvalue weighted by Gasteiger charge is 2.33. The molecule has 12 heteroatoms. The van der Waals surface area contributed by atoms with Crippen LogP contribution in [-0.4, -0.2) is 24.1 Å². The van der Waals surface area contributed by atoms with Crippen LogP contribution in [0.4, 0.5) is 13.2 Å². The summed E-state index contributed by atoms with van der Waals surface area (Å²) in [5.41, 5.74) is 10.0. The molecule has 9 nitrogen and oxygen atoms in total. The third-order valence-corrected chi connectivity index (χ3v) is 14.4. The lowest BCUT2D eigenvalue weighted by molar-refractivity contribution is -0.137. The monoisotopic (exact) mass is 1040 g/mol. The summed E-state index contributed by atoms with van der Waals surface area (Å²) in [7, 11) is 0. The van der Waals surface area contributed by atoms with Crippen LogP contribution in [0.5, 0.6) is 0 Å². The Balaban J connectivity index is 1.11. The zero-order valence-corrected chi connectivity index (χ0v) is 41.9. The Hall–Kier alpha value is -11.4.